The smallest absolute Gasteiger partial charge is 0.193 e. The standard InChI is InChI=1S/C22H36OSi/c1-7-24(8-2,9-3)23-22(21-17-11-10-12-18-21)20(6)16-14-13-15-19(4)5/h10-12,15,17-18,22H,6-9,13-14,16H2,1-5H3. The average molecular weight is 345 g/mol. The average Bonchev–Trinajstić information content (AvgIpc) is 2.61. The number of rotatable bonds is 11. The van der Waals surface area contributed by atoms with E-state index in [1.54, 1.807) is 0 Å². The summed E-state index contributed by atoms with van der Waals surface area (Å²) in [5.41, 5.74) is 3.89. The molecule has 0 saturated carbocycles. The van der Waals surface area contributed by atoms with Crippen LogP contribution >= 0.6 is 0 Å². The highest BCUT2D eigenvalue weighted by atomic mass is 28.4. The molecule has 1 aromatic rings. The van der Waals surface area contributed by atoms with Gasteiger partial charge in [0.2, 0.25) is 0 Å². The van der Waals surface area contributed by atoms with Crippen LogP contribution in [-0.2, 0) is 4.43 Å². The van der Waals surface area contributed by atoms with Crippen molar-refractivity contribution in [2.45, 2.75) is 78.1 Å². The Morgan fingerprint density at radius 3 is 2.17 bits per heavy atom. The number of unbranched alkanes of at least 4 members (excludes halogenated alkanes) is 1. The molecule has 0 radical (unpaired) electrons. The van der Waals surface area contributed by atoms with E-state index in [1.165, 1.54) is 34.8 Å². The summed E-state index contributed by atoms with van der Waals surface area (Å²) in [7, 11) is -1.66. The van der Waals surface area contributed by atoms with Gasteiger partial charge in [-0.25, -0.2) is 0 Å². The van der Waals surface area contributed by atoms with Gasteiger partial charge in [0.15, 0.2) is 8.32 Å². The van der Waals surface area contributed by atoms with Gasteiger partial charge >= 0.3 is 0 Å². The summed E-state index contributed by atoms with van der Waals surface area (Å²) in [6, 6.07) is 14.2. The number of hydrogen-bond acceptors (Lipinski definition) is 1. The van der Waals surface area contributed by atoms with Crippen LogP contribution in [0.5, 0.6) is 0 Å². The Morgan fingerprint density at radius 2 is 1.67 bits per heavy atom. The van der Waals surface area contributed by atoms with E-state index in [0.29, 0.717) is 0 Å². The van der Waals surface area contributed by atoms with E-state index in [9.17, 15) is 0 Å². The van der Waals surface area contributed by atoms with Crippen molar-refractivity contribution in [1.29, 1.82) is 0 Å². The number of hydrogen-bond donors (Lipinski definition) is 0. The number of allylic oxidation sites excluding steroid dienone is 2. The van der Waals surface area contributed by atoms with Crippen molar-refractivity contribution < 1.29 is 4.43 Å². The second kappa shape index (κ2) is 10.7. The molecule has 0 spiro atoms. The molecule has 0 amide bonds. The van der Waals surface area contributed by atoms with Crippen LogP contribution in [0, 0.1) is 0 Å². The Bertz CT molecular complexity index is 502. The highest BCUT2D eigenvalue weighted by molar-refractivity contribution is 6.73. The molecular formula is C22H36OSi. The predicted molar refractivity (Wildman–Crippen MR) is 110 cm³/mol. The first-order chi connectivity index (χ1) is 11.5. The lowest BCUT2D eigenvalue weighted by molar-refractivity contribution is 0.221. The van der Waals surface area contributed by atoms with E-state index in [-0.39, 0.29) is 6.10 Å². The first kappa shape index (κ1) is 20.9. The van der Waals surface area contributed by atoms with Crippen molar-refractivity contribution >= 4 is 8.32 Å². The minimum atomic E-state index is -1.66. The quantitative estimate of drug-likeness (QED) is 0.230. The van der Waals surface area contributed by atoms with Gasteiger partial charge < -0.3 is 4.43 Å². The Morgan fingerprint density at radius 1 is 1.08 bits per heavy atom. The Kier molecular flexibility index (Phi) is 9.31. The summed E-state index contributed by atoms with van der Waals surface area (Å²) in [6.07, 6.45) is 5.68. The summed E-state index contributed by atoms with van der Waals surface area (Å²) in [5, 5.41) is 0. The molecule has 0 bridgehead atoms. The maximum absolute atomic E-state index is 6.84. The van der Waals surface area contributed by atoms with E-state index in [1.807, 2.05) is 0 Å². The summed E-state index contributed by atoms with van der Waals surface area (Å²) in [6.45, 7) is 15.6. The molecule has 0 aliphatic heterocycles. The lowest BCUT2D eigenvalue weighted by atomic mass is 9.98. The predicted octanol–water partition coefficient (Wildman–Crippen LogP) is 7.44. The Hall–Kier alpha value is -1.12. The van der Waals surface area contributed by atoms with E-state index < -0.39 is 8.32 Å². The minimum absolute atomic E-state index is 0.0596. The summed E-state index contributed by atoms with van der Waals surface area (Å²) < 4.78 is 6.84. The van der Waals surface area contributed by atoms with Crippen LogP contribution in [-0.4, -0.2) is 8.32 Å². The molecule has 1 rings (SSSR count). The molecule has 1 nitrogen and oxygen atoms in total. The molecule has 0 saturated heterocycles. The molecule has 1 atom stereocenters. The largest absolute Gasteiger partial charge is 0.406 e. The van der Waals surface area contributed by atoms with Crippen molar-refractivity contribution in [2.75, 3.05) is 0 Å². The summed E-state index contributed by atoms with van der Waals surface area (Å²) in [5.74, 6) is 0. The van der Waals surface area contributed by atoms with Crippen molar-refractivity contribution in [1.82, 2.24) is 0 Å². The van der Waals surface area contributed by atoms with Gasteiger partial charge in [-0.1, -0.05) is 69.3 Å². The highest BCUT2D eigenvalue weighted by Gasteiger charge is 2.33. The molecular weight excluding hydrogens is 308 g/mol. The molecule has 2 heteroatoms. The van der Waals surface area contributed by atoms with Gasteiger partial charge in [0.05, 0.1) is 6.10 Å². The summed E-state index contributed by atoms with van der Waals surface area (Å²) in [4.78, 5) is 0. The first-order valence-corrected chi connectivity index (χ1v) is 12.0. The lowest BCUT2D eigenvalue weighted by Crippen LogP contribution is -2.37. The minimum Gasteiger partial charge on any atom is -0.406 e. The van der Waals surface area contributed by atoms with E-state index in [2.05, 4.69) is 77.6 Å². The molecule has 1 aromatic carbocycles. The van der Waals surface area contributed by atoms with E-state index in [4.69, 9.17) is 4.43 Å². The maximum Gasteiger partial charge on any atom is 0.193 e. The topological polar surface area (TPSA) is 9.23 Å². The van der Waals surface area contributed by atoms with Crippen LogP contribution in [0.2, 0.25) is 18.1 Å². The second-order valence-corrected chi connectivity index (χ2v) is 11.7. The van der Waals surface area contributed by atoms with Crippen LogP contribution in [0.15, 0.2) is 54.1 Å². The zero-order valence-electron chi connectivity index (χ0n) is 16.4. The fraction of sp³-hybridized carbons (Fsp3) is 0.545. The Labute approximate surface area is 151 Å². The second-order valence-electron chi connectivity index (χ2n) is 6.98. The molecule has 0 aromatic heterocycles. The molecule has 0 aliphatic rings. The van der Waals surface area contributed by atoms with Crippen molar-refractivity contribution in [3.8, 4) is 0 Å². The fourth-order valence-corrected chi connectivity index (χ4v) is 5.92. The Balaban J connectivity index is 2.90. The third-order valence-corrected chi connectivity index (χ3v) is 9.63. The molecule has 1 unspecified atom stereocenters. The van der Waals surface area contributed by atoms with Gasteiger partial charge in [-0.05, 0) is 62.4 Å². The van der Waals surface area contributed by atoms with Gasteiger partial charge in [-0.2, -0.15) is 0 Å². The van der Waals surface area contributed by atoms with Gasteiger partial charge in [0, 0.05) is 0 Å². The van der Waals surface area contributed by atoms with Gasteiger partial charge in [0.1, 0.15) is 0 Å². The van der Waals surface area contributed by atoms with Crippen molar-refractivity contribution in [3.63, 3.8) is 0 Å². The third kappa shape index (κ3) is 6.41. The van der Waals surface area contributed by atoms with E-state index in [0.717, 1.165) is 19.3 Å². The van der Waals surface area contributed by atoms with Crippen molar-refractivity contribution in [3.05, 3.63) is 59.7 Å². The highest BCUT2D eigenvalue weighted by Crippen LogP contribution is 2.35. The molecule has 0 aliphatic carbocycles. The monoisotopic (exact) mass is 344 g/mol. The molecule has 0 heterocycles. The van der Waals surface area contributed by atoms with E-state index >= 15 is 0 Å². The third-order valence-electron chi connectivity index (χ3n) is 5.03. The zero-order valence-corrected chi connectivity index (χ0v) is 17.4. The van der Waals surface area contributed by atoms with Gasteiger partial charge in [-0.15, -0.1) is 0 Å². The van der Waals surface area contributed by atoms with Gasteiger partial charge in [0.25, 0.3) is 0 Å². The van der Waals surface area contributed by atoms with Crippen LogP contribution in [0.4, 0.5) is 0 Å². The van der Waals surface area contributed by atoms with Crippen molar-refractivity contribution in [2.24, 2.45) is 0 Å². The lowest BCUT2D eigenvalue weighted by Gasteiger charge is -2.34. The fourth-order valence-electron chi connectivity index (χ4n) is 3.12. The number of benzene rings is 1. The van der Waals surface area contributed by atoms with Crippen LogP contribution in [0.1, 0.15) is 65.5 Å². The van der Waals surface area contributed by atoms with Crippen LogP contribution in [0.3, 0.4) is 0 Å². The van der Waals surface area contributed by atoms with Gasteiger partial charge in [-0.3, -0.25) is 0 Å². The van der Waals surface area contributed by atoms with Crippen LogP contribution in [0.25, 0.3) is 0 Å². The molecule has 0 fully saturated rings. The molecule has 134 valence electrons. The SMILES string of the molecule is C=C(CCCC=C(C)C)C(O[Si](CC)(CC)CC)c1ccccc1. The first-order valence-electron chi connectivity index (χ1n) is 9.51. The maximum atomic E-state index is 6.84. The normalized spacial score (nSPS) is 12.7. The molecule has 0 N–H and O–H groups in total. The van der Waals surface area contributed by atoms with Crippen LogP contribution < -0.4 is 0 Å². The molecule has 24 heavy (non-hydrogen) atoms. The zero-order chi connectivity index (χ0) is 18.0. The summed E-state index contributed by atoms with van der Waals surface area (Å²) >= 11 is 0.